The summed E-state index contributed by atoms with van der Waals surface area (Å²) >= 11 is 4.77. The van der Waals surface area contributed by atoms with Gasteiger partial charge in [0, 0.05) is 76.3 Å². The summed E-state index contributed by atoms with van der Waals surface area (Å²) in [6.45, 7) is 17.1. The van der Waals surface area contributed by atoms with E-state index in [1.165, 1.54) is 36.6 Å². The minimum atomic E-state index is -4.99. The number of ketones is 1. The number of alkyl halides is 14. The number of para-hydroxylation sites is 4. The van der Waals surface area contributed by atoms with Gasteiger partial charge in [0.2, 0.25) is 23.6 Å². The topological polar surface area (TPSA) is 233 Å². The molecular weight excluding hydrogens is 1800 g/mol. The number of nitrogens with zero attached hydrogens (tertiary/aromatic N) is 4. The summed E-state index contributed by atoms with van der Waals surface area (Å²) in [6, 6.07) is 25.7. The number of amides is 4. The minimum Gasteiger partial charge on any atom is -0.870 e. The molecular formula is C87H100F12I2LiN5O12. The van der Waals surface area contributed by atoms with Gasteiger partial charge in [-0.3, -0.25) is 38.4 Å². The maximum absolute atomic E-state index is 13.6. The van der Waals surface area contributed by atoms with Gasteiger partial charge in [0.05, 0.1) is 83.5 Å². The largest absolute Gasteiger partial charge is 1.00 e. The van der Waals surface area contributed by atoms with E-state index in [-0.39, 0.29) is 114 Å². The smallest absolute Gasteiger partial charge is 0.870 e. The third kappa shape index (κ3) is 22.6. The molecule has 7 unspecified atom stereocenters. The zero-order chi connectivity index (χ0) is 86.8. The number of carbonyl (C=O) groups is 8. The molecule has 3 aliphatic carbocycles. The molecule has 4 heterocycles. The summed E-state index contributed by atoms with van der Waals surface area (Å²) in [5, 5.41) is 0. The third-order valence-electron chi connectivity index (χ3n) is 23.2. The summed E-state index contributed by atoms with van der Waals surface area (Å²) in [5.41, 5.74) is 7.53. The molecule has 0 radical (unpaired) electrons. The van der Waals surface area contributed by atoms with Gasteiger partial charge in [-0.15, -0.1) is 0 Å². The molecule has 0 aromatic heterocycles. The van der Waals surface area contributed by atoms with E-state index in [1.807, 2.05) is 138 Å². The Morgan fingerprint density at radius 1 is 0.437 bits per heavy atom. The van der Waals surface area contributed by atoms with Crippen LogP contribution in [0.15, 0.2) is 109 Å². The number of carbonyl (C=O) groups excluding carboxylic acids is 8. The van der Waals surface area contributed by atoms with E-state index in [0.717, 1.165) is 119 Å². The van der Waals surface area contributed by atoms with Gasteiger partial charge in [0.25, 0.3) is 0 Å². The van der Waals surface area contributed by atoms with Crippen molar-refractivity contribution in [3.63, 3.8) is 0 Å². The first kappa shape index (κ1) is 100. The Bertz CT molecular complexity index is 4400. The second kappa shape index (κ2) is 41.4. The number of Topliss-reactive ketones (excluding diaryl/α,β-unsaturated/α-hetero) is 1. The molecule has 6 aromatic carbocycles. The molecule has 3 saturated carbocycles. The van der Waals surface area contributed by atoms with Crippen molar-refractivity contribution in [3.8, 4) is 0 Å². The van der Waals surface area contributed by atoms with Crippen LogP contribution in [0.1, 0.15) is 162 Å². The number of fused-ring (bicyclic) bond motifs is 3. The first-order chi connectivity index (χ1) is 54.8. The number of nitrogen functional groups attached to an aromatic ring is 1. The normalized spacial score (nSPS) is 21.9. The first-order valence-electron chi connectivity index (χ1n) is 38.5. The van der Waals surface area contributed by atoms with Crippen LogP contribution in [-0.2, 0) is 83.7 Å². The average Bonchev–Trinajstić information content (AvgIpc) is 1.60. The summed E-state index contributed by atoms with van der Waals surface area (Å²) in [7, 11) is 4.21. The molecule has 4 saturated heterocycles. The molecule has 7 fully saturated rings. The van der Waals surface area contributed by atoms with Crippen molar-refractivity contribution in [2.75, 3.05) is 81.7 Å². The number of hydrogen-bond donors (Lipinski definition) is 1. The van der Waals surface area contributed by atoms with Crippen molar-refractivity contribution in [1.82, 2.24) is 0 Å². The summed E-state index contributed by atoms with van der Waals surface area (Å²) in [4.78, 5) is 108. The van der Waals surface area contributed by atoms with E-state index in [0.29, 0.717) is 68.8 Å². The van der Waals surface area contributed by atoms with Gasteiger partial charge in [-0.2, -0.15) is 52.7 Å². The number of ether oxygens (including phenoxy) is 3. The van der Waals surface area contributed by atoms with Crippen LogP contribution in [0.2, 0.25) is 0 Å². The molecule has 0 bridgehead atoms. The number of hydrogen-bond acceptors (Lipinski definition) is 13. The van der Waals surface area contributed by atoms with Gasteiger partial charge < -0.3 is 45.0 Å². The van der Waals surface area contributed by atoms with Crippen LogP contribution < -0.4 is 44.2 Å². The Labute approximate surface area is 725 Å². The van der Waals surface area contributed by atoms with Gasteiger partial charge >= 0.3 is 61.5 Å². The standard InChI is InChI=1S/C26H25F6NO2.2C18H23NO3.C14H17NO3.C8H5F6N.C3H6I2.Li.H2O/c1-15-6-5-7-16(2)22(15)33-14-24(9-4-3-8-20(24)23(33)35)21(34)12-17-10-18(25(27,28)29)13-19(11-17)26(30,31)32;2*1-12-7-6-8-13(2)15(12)19-11-18(17(21)22-3)10-5-4-9-14(18)16(19)20;1-9-5-4-6-10(2)13(9)15-8-11(7-12(15)16)14(17)18-3;9-7(10,11)4-1-5(8(12,13)14)3-6(15)2-4;4-2-1-3-5;;/h5-7,10-11,13,20H,3-4,8-9,12,14H2,1-2H3;2*6-8,14H,4-5,9-11H2,1-3H3;4-6,11H,7-8H2,1-3H3;1-3H,15H2;1-3H2;;1H2/q;;;;;;+1;/p-1. The monoisotopic (exact) mass is 1900 g/mol. The molecule has 4 aliphatic heterocycles. The molecule has 4 amide bonds. The van der Waals surface area contributed by atoms with E-state index >= 15 is 0 Å². The number of nitrogens with two attached hydrogens (primary N) is 1. The fourth-order valence-electron chi connectivity index (χ4n) is 17.7. The number of halogens is 14. The molecule has 13 rings (SSSR count). The van der Waals surface area contributed by atoms with Crippen LogP contribution in [0.25, 0.3) is 0 Å². The van der Waals surface area contributed by atoms with Crippen molar-refractivity contribution in [3.05, 3.63) is 182 Å². The Hall–Kier alpha value is -7.74. The summed E-state index contributed by atoms with van der Waals surface area (Å²) < 4.78 is 170. The number of aryl methyl sites for hydroxylation is 8. The Morgan fingerprint density at radius 3 is 1.01 bits per heavy atom. The number of rotatable bonds is 12. The number of esters is 3. The summed E-state index contributed by atoms with van der Waals surface area (Å²) in [6.07, 6.45) is -9.38. The van der Waals surface area contributed by atoms with Crippen LogP contribution in [0.3, 0.4) is 0 Å². The van der Waals surface area contributed by atoms with Crippen molar-refractivity contribution in [2.24, 2.45) is 39.9 Å². The van der Waals surface area contributed by atoms with Crippen LogP contribution >= 0.6 is 45.2 Å². The van der Waals surface area contributed by atoms with Crippen molar-refractivity contribution < 1.29 is 130 Å². The van der Waals surface area contributed by atoms with Gasteiger partial charge in [-0.25, -0.2) is 0 Å². The molecule has 32 heteroatoms. The van der Waals surface area contributed by atoms with E-state index < -0.39 is 87.0 Å². The summed E-state index contributed by atoms with van der Waals surface area (Å²) in [5.74, 6) is -2.74. The van der Waals surface area contributed by atoms with Crippen LogP contribution in [0, 0.1) is 95.3 Å². The molecule has 0 spiro atoms. The molecule has 119 heavy (non-hydrogen) atoms. The fourth-order valence-corrected chi connectivity index (χ4v) is 19.9. The van der Waals surface area contributed by atoms with Crippen LogP contribution in [0.5, 0.6) is 0 Å². The maximum atomic E-state index is 13.6. The second-order valence-electron chi connectivity index (χ2n) is 31.1. The van der Waals surface area contributed by atoms with Gasteiger partial charge in [-0.05, 0) is 187 Å². The molecule has 17 nitrogen and oxygen atoms in total. The van der Waals surface area contributed by atoms with E-state index in [4.69, 9.17) is 19.9 Å². The van der Waals surface area contributed by atoms with E-state index in [9.17, 15) is 91.0 Å². The fraction of sp³-hybridized carbons (Fsp3) is 0.494. The second-order valence-corrected chi connectivity index (χ2v) is 33.3. The maximum Gasteiger partial charge on any atom is 1.00 e. The first-order valence-corrected chi connectivity index (χ1v) is 41.6. The molecule has 3 N–H and O–H groups in total. The number of methoxy groups -OCH3 is 3. The average molecular weight is 1900 g/mol. The van der Waals surface area contributed by atoms with Crippen molar-refractivity contribution in [2.45, 2.75) is 176 Å². The molecule has 7 atom stereocenters. The molecule has 644 valence electrons. The quantitative estimate of drug-likeness (QED) is 0.0229. The number of benzene rings is 6. The van der Waals surface area contributed by atoms with E-state index in [2.05, 4.69) is 45.2 Å². The van der Waals surface area contributed by atoms with Crippen molar-refractivity contribution >= 4 is 121 Å². The third-order valence-corrected chi connectivity index (χ3v) is 24.8. The zero-order valence-electron chi connectivity index (χ0n) is 68.6. The van der Waals surface area contributed by atoms with Crippen molar-refractivity contribution in [1.29, 1.82) is 0 Å². The van der Waals surface area contributed by atoms with E-state index in [1.54, 1.807) is 9.80 Å². The Kier molecular flexibility index (Phi) is 34.8. The molecule has 6 aromatic rings. The SMILES string of the molecule is COC(=O)C12CCCCC1C(=O)N(c1c(C)cccc1C)C2.COC(=O)C12CCCCC1C(=O)N(c1c(C)cccc1C)C2.COC(=O)C1CC(=O)N(c2c(C)cccc2C)C1.Cc1cccc(C)c1N1CC2(C(=O)Cc3cc(C(F)(F)F)cc(C(F)(F)F)c3)CCCCC2C1=O.ICCCI.Nc1cc(C(F)(F)F)cc(C(F)(F)F)c1.[Li+].[OH-]. The van der Waals surface area contributed by atoms with Gasteiger partial charge in [0.1, 0.15) is 5.78 Å². The van der Waals surface area contributed by atoms with Crippen LogP contribution in [0.4, 0.5) is 81.1 Å². The number of anilines is 5. The predicted molar refractivity (Wildman–Crippen MR) is 441 cm³/mol. The zero-order valence-corrected chi connectivity index (χ0v) is 73.0. The molecule has 7 aliphatic rings. The van der Waals surface area contributed by atoms with Gasteiger partial charge in [-0.1, -0.05) is 157 Å². The predicted octanol–water partition coefficient (Wildman–Crippen LogP) is 16.9. The Morgan fingerprint density at radius 2 is 0.723 bits per heavy atom. The minimum absolute atomic E-state index is 0. The van der Waals surface area contributed by atoms with Crippen LogP contribution in [-0.4, -0.2) is 109 Å². The Balaban J connectivity index is 0.000000233. The van der Waals surface area contributed by atoms with Gasteiger partial charge in [0.15, 0.2) is 0 Å².